The van der Waals surface area contributed by atoms with Crippen LogP contribution in [0.2, 0.25) is 0 Å². The van der Waals surface area contributed by atoms with Crippen molar-refractivity contribution >= 4 is 5.91 Å². The van der Waals surface area contributed by atoms with Crippen molar-refractivity contribution < 1.29 is 13.9 Å². The number of amides is 1. The first-order valence-electron chi connectivity index (χ1n) is 11.9. The number of hydrogen-bond acceptors (Lipinski definition) is 7. The predicted molar refractivity (Wildman–Crippen MR) is 127 cm³/mol. The van der Waals surface area contributed by atoms with Crippen LogP contribution in [0.1, 0.15) is 65.7 Å². The molecule has 0 unspecified atom stereocenters. The van der Waals surface area contributed by atoms with E-state index in [1.165, 1.54) is 0 Å². The van der Waals surface area contributed by atoms with Gasteiger partial charge >= 0.3 is 0 Å². The van der Waals surface area contributed by atoms with Crippen molar-refractivity contribution in [2.45, 2.75) is 59.4 Å². The number of ether oxygens (including phenoxy) is 1. The zero-order valence-electron chi connectivity index (χ0n) is 20.5. The molecule has 4 rings (SSSR count). The summed E-state index contributed by atoms with van der Waals surface area (Å²) in [7, 11) is 1.59. The van der Waals surface area contributed by atoms with E-state index in [0.29, 0.717) is 18.3 Å². The first-order valence-corrected chi connectivity index (χ1v) is 11.9. The maximum atomic E-state index is 12.9. The van der Waals surface area contributed by atoms with Crippen molar-refractivity contribution in [2.75, 3.05) is 20.2 Å². The summed E-state index contributed by atoms with van der Waals surface area (Å²) < 4.78 is 12.9. The third kappa shape index (κ3) is 5.90. The standard InChI is InChI=1S/C25H34N6O3/c1-17(2)14-21(27-25(32)22-9-8-20(34-22)16-33-4)24-29-28-23-10-11-30(12-13-31(23)24)15-19-7-5-6-18(3)26-19/h5-9,17,21H,10-16H2,1-4H3,(H,27,32)/t21-/m0/s1. The summed E-state index contributed by atoms with van der Waals surface area (Å²) in [6, 6.07) is 9.33. The lowest BCUT2D eigenvalue weighted by Gasteiger charge is -2.22. The van der Waals surface area contributed by atoms with E-state index < -0.39 is 0 Å². The molecule has 0 bridgehead atoms. The maximum absolute atomic E-state index is 12.9. The molecule has 34 heavy (non-hydrogen) atoms. The minimum atomic E-state index is -0.258. The highest BCUT2D eigenvalue weighted by atomic mass is 16.5. The summed E-state index contributed by atoms with van der Waals surface area (Å²) in [6.07, 6.45) is 1.56. The minimum absolute atomic E-state index is 0.255. The highest BCUT2D eigenvalue weighted by Gasteiger charge is 2.27. The van der Waals surface area contributed by atoms with Crippen LogP contribution in [0.3, 0.4) is 0 Å². The van der Waals surface area contributed by atoms with E-state index in [1.807, 2.05) is 13.0 Å². The van der Waals surface area contributed by atoms with Gasteiger partial charge in [-0.15, -0.1) is 10.2 Å². The van der Waals surface area contributed by atoms with Gasteiger partial charge in [0.2, 0.25) is 0 Å². The summed E-state index contributed by atoms with van der Waals surface area (Å²) in [6.45, 7) is 9.96. The van der Waals surface area contributed by atoms with Crippen LogP contribution in [0.5, 0.6) is 0 Å². The van der Waals surface area contributed by atoms with Crippen molar-refractivity contribution in [3.05, 3.63) is 64.9 Å². The Morgan fingerprint density at radius 1 is 1.18 bits per heavy atom. The van der Waals surface area contributed by atoms with Crippen molar-refractivity contribution in [1.82, 2.24) is 30.0 Å². The summed E-state index contributed by atoms with van der Waals surface area (Å²) in [5, 5.41) is 12.1. The number of aromatic nitrogens is 4. The van der Waals surface area contributed by atoms with E-state index in [4.69, 9.17) is 9.15 Å². The number of rotatable bonds is 9. The molecule has 3 aromatic heterocycles. The fraction of sp³-hybridized carbons (Fsp3) is 0.520. The summed E-state index contributed by atoms with van der Waals surface area (Å²) >= 11 is 0. The molecular weight excluding hydrogens is 432 g/mol. The molecule has 0 saturated heterocycles. The Bertz CT molecular complexity index is 1110. The molecule has 4 heterocycles. The largest absolute Gasteiger partial charge is 0.453 e. The Morgan fingerprint density at radius 3 is 2.79 bits per heavy atom. The van der Waals surface area contributed by atoms with Gasteiger partial charge in [-0.3, -0.25) is 14.7 Å². The van der Waals surface area contributed by atoms with Crippen molar-refractivity contribution in [3.63, 3.8) is 0 Å². The Hall–Kier alpha value is -3.04. The van der Waals surface area contributed by atoms with Gasteiger partial charge in [0.05, 0.1) is 11.7 Å². The van der Waals surface area contributed by atoms with Gasteiger partial charge in [-0.05, 0) is 43.5 Å². The van der Waals surface area contributed by atoms with Gasteiger partial charge in [-0.2, -0.15) is 0 Å². The lowest BCUT2D eigenvalue weighted by Crippen LogP contribution is -2.32. The number of carbonyl (C=O) groups excluding carboxylic acids is 1. The molecule has 1 N–H and O–H groups in total. The molecule has 9 heteroatoms. The topological polar surface area (TPSA) is 98.3 Å². The van der Waals surface area contributed by atoms with Gasteiger partial charge in [0, 0.05) is 45.4 Å². The van der Waals surface area contributed by atoms with Crippen LogP contribution < -0.4 is 5.32 Å². The lowest BCUT2D eigenvalue weighted by atomic mass is 10.0. The Balaban J connectivity index is 1.48. The highest BCUT2D eigenvalue weighted by molar-refractivity contribution is 5.91. The Morgan fingerprint density at radius 2 is 2.03 bits per heavy atom. The number of nitrogens with zero attached hydrogens (tertiary/aromatic N) is 5. The third-order valence-electron chi connectivity index (χ3n) is 5.98. The first-order chi connectivity index (χ1) is 16.4. The van der Waals surface area contributed by atoms with Crippen LogP contribution in [0, 0.1) is 12.8 Å². The average Bonchev–Trinajstić information content (AvgIpc) is 3.38. The summed E-state index contributed by atoms with van der Waals surface area (Å²) in [5.41, 5.74) is 2.11. The Labute approximate surface area is 200 Å². The summed E-state index contributed by atoms with van der Waals surface area (Å²) in [5.74, 6) is 2.76. The van der Waals surface area contributed by atoms with Crippen LogP contribution in [0.25, 0.3) is 0 Å². The van der Waals surface area contributed by atoms with Crippen LogP contribution in [-0.2, 0) is 30.9 Å². The average molecular weight is 467 g/mol. The predicted octanol–water partition coefficient (Wildman–Crippen LogP) is 3.30. The molecule has 0 saturated carbocycles. The van der Waals surface area contributed by atoms with Gasteiger partial charge in [0.15, 0.2) is 11.6 Å². The molecule has 0 spiro atoms. The molecule has 1 atom stereocenters. The number of fused-ring (bicyclic) bond motifs is 1. The highest BCUT2D eigenvalue weighted by Crippen LogP contribution is 2.23. The van der Waals surface area contributed by atoms with E-state index in [9.17, 15) is 4.79 Å². The van der Waals surface area contributed by atoms with E-state index >= 15 is 0 Å². The molecule has 0 radical (unpaired) electrons. The fourth-order valence-electron chi connectivity index (χ4n) is 4.37. The number of nitrogens with one attached hydrogen (secondary N) is 1. The normalized spacial score (nSPS) is 15.2. The lowest BCUT2D eigenvalue weighted by molar-refractivity contribution is 0.0892. The first kappa shape index (κ1) is 24.1. The zero-order chi connectivity index (χ0) is 24.1. The van der Waals surface area contributed by atoms with Crippen LogP contribution in [0.4, 0.5) is 0 Å². The van der Waals surface area contributed by atoms with Crippen molar-refractivity contribution in [3.8, 4) is 0 Å². The van der Waals surface area contributed by atoms with Gasteiger partial charge in [0.25, 0.3) is 5.91 Å². The molecule has 9 nitrogen and oxygen atoms in total. The molecule has 0 fully saturated rings. The number of furan rings is 1. The second-order valence-corrected chi connectivity index (χ2v) is 9.28. The van der Waals surface area contributed by atoms with E-state index in [-0.39, 0.29) is 17.7 Å². The van der Waals surface area contributed by atoms with E-state index in [2.05, 4.69) is 55.9 Å². The summed E-state index contributed by atoms with van der Waals surface area (Å²) in [4.78, 5) is 20.0. The van der Waals surface area contributed by atoms with Gasteiger partial charge < -0.3 is 19.0 Å². The molecule has 182 valence electrons. The zero-order valence-corrected chi connectivity index (χ0v) is 20.5. The van der Waals surface area contributed by atoms with Gasteiger partial charge in [-0.25, -0.2) is 0 Å². The smallest absolute Gasteiger partial charge is 0.287 e. The number of hydrogen-bond donors (Lipinski definition) is 1. The van der Waals surface area contributed by atoms with E-state index in [1.54, 1.807) is 19.2 Å². The van der Waals surface area contributed by atoms with Crippen molar-refractivity contribution in [2.24, 2.45) is 5.92 Å². The molecule has 0 aromatic carbocycles. The third-order valence-corrected chi connectivity index (χ3v) is 5.98. The molecule has 1 amide bonds. The van der Waals surface area contributed by atoms with Crippen LogP contribution in [-0.4, -0.2) is 50.8 Å². The van der Waals surface area contributed by atoms with Crippen molar-refractivity contribution in [1.29, 1.82) is 0 Å². The maximum Gasteiger partial charge on any atom is 0.287 e. The SMILES string of the molecule is COCc1ccc(C(=O)N[C@@H](CC(C)C)c2nnc3n2CCN(Cc2cccc(C)n2)CC3)o1. The van der Waals surface area contributed by atoms with E-state index in [0.717, 1.165) is 62.1 Å². The molecular formula is C25H34N6O3. The number of carbonyl (C=O) groups is 1. The van der Waals surface area contributed by atoms with Crippen LogP contribution >= 0.6 is 0 Å². The van der Waals surface area contributed by atoms with Crippen LogP contribution in [0.15, 0.2) is 34.7 Å². The second kappa shape index (κ2) is 10.9. The minimum Gasteiger partial charge on any atom is -0.453 e. The van der Waals surface area contributed by atoms with Gasteiger partial charge in [0.1, 0.15) is 18.2 Å². The fourth-order valence-corrected chi connectivity index (χ4v) is 4.37. The monoisotopic (exact) mass is 466 g/mol. The second-order valence-electron chi connectivity index (χ2n) is 9.28. The number of methoxy groups -OCH3 is 1. The number of aryl methyl sites for hydroxylation is 1. The number of pyridine rings is 1. The molecule has 0 aliphatic carbocycles. The molecule has 1 aliphatic rings. The van der Waals surface area contributed by atoms with Gasteiger partial charge in [-0.1, -0.05) is 19.9 Å². The Kier molecular flexibility index (Phi) is 7.74. The quantitative estimate of drug-likeness (QED) is 0.517. The molecule has 1 aliphatic heterocycles. The molecule has 3 aromatic rings.